The number of nitrogens with two attached hydrogens (primary N) is 1. The summed E-state index contributed by atoms with van der Waals surface area (Å²) >= 11 is 12.3. The van der Waals surface area contributed by atoms with Gasteiger partial charge in [0.05, 0.1) is 46.3 Å². The Morgan fingerprint density at radius 3 is 2.70 bits per heavy atom. The van der Waals surface area contributed by atoms with Crippen LogP contribution in [-0.2, 0) is 19.6 Å². The minimum Gasteiger partial charge on any atom is -0.372 e. The highest BCUT2D eigenvalue weighted by atomic mass is 35.5. The molecule has 33 heavy (non-hydrogen) atoms. The molecule has 178 valence electrons. The Morgan fingerprint density at radius 1 is 1.18 bits per heavy atom. The fourth-order valence-electron chi connectivity index (χ4n) is 3.86. The number of sulfonamides is 1. The van der Waals surface area contributed by atoms with Crippen molar-refractivity contribution < 1.29 is 17.9 Å². The molecule has 8 nitrogen and oxygen atoms in total. The third-order valence-corrected chi connectivity index (χ3v) is 7.08. The molecule has 2 atom stereocenters. The number of hydrogen-bond acceptors (Lipinski definition) is 6. The van der Waals surface area contributed by atoms with Gasteiger partial charge in [-0.25, -0.2) is 18.6 Å². The molecule has 0 radical (unpaired) electrons. The number of hydrazone groups is 1. The molecule has 1 amide bonds. The number of amides is 1. The van der Waals surface area contributed by atoms with Gasteiger partial charge < -0.3 is 10.1 Å². The van der Waals surface area contributed by atoms with Gasteiger partial charge in [0.25, 0.3) is 0 Å². The molecule has 1 saturated heterocycles. The predicted molar refractivity (Wildman–Crippen MR) is 129 cm³/mol. The summed E-state index contributed by atoms with van der Waals surface area (Å²) in [5, 5.41) is 15.4. The average Bonchev–Trinajstić information content (AvgIpc) is 2.96. The van der Waals surface area contributed by atoms with Gasteiger partial charge in [-0.3, -0.25) is 4.79 Å². The van der Waals surface area contributed by atoms with Gasteiger partial charge in [0.2, 0.25) is 15.9 Å². The highest BCUT2D eigenvalue weighted by Gasteiger charge is 2.33. The van der Waals surface area contributed by atoms with Gasteiger partial charge in [0.1, 0.15) is 0 Å². The van der Waals surface area contributed by atoms with Gasteiger partial charge in [-0.05, 0) is 35.4 Å². The highest BCUT2D eigenvalue weighted by Crippen LogP contribution is 2.33. The van der Waals surface area contributed by atoms with Crippen LogP contribution in [0.4, 0.5) is 0 Å². The first-order valence-electron chi connectivity index (χ1n) is 10.0. The molecule has 2 aromatic carbocycles. The standard InChI is InChI=1S/C21H22Cl2N4O4S.ClH/c22-17-5-4-14(9-18(17)23)21-15(11-25-6-7-31-21)12-27-20(28)10-19(26-27)13-2-1-3-16(8-13)32(24,29)30;/h1-5,8-9,15,21,25H,6-7,10-12H2,(H2,24,29,30);1H/t15-,21-;/m0./s1. The van der Waals surface area contributed by atoms with Crippen LogP contribution in [0.1, 0.15) is 23.7 Å². The largest absolute Gasteiger partial charge is 0.372 e. The first-order chi connectivity index (χ1) is 15.2. The van der Waals surface area contributed by atoms with E-state index >= 15 is 0 Å². The van der Waals surface area contributed by atoms with E-state index in [1.54, 1.807) is 24.3 Å². The number of hydrogen-bond donors (Lipinski definition) is 2. The lowest BCUT2D eigenvalue weighted by Crippen LogP contribution is -2.35. The van der Waals surface area contributed by atoms with E-state index in [0.717, 1.165) is 5.56 Å². The number of nitrogens with zero attached hydrogens (tertiary/aromatic N) is 2. The molecule has 0 unspecified atom stereocenters. The van der Waals surface area contributed by atoms with Gasteiger partial charge in [-0.15, -0.1) is 12.4 Å². The van der Waals surface area contributed by atoms with Crippen molar-refractivity contribution >= 4 is 57.3 Å². The van der Waals surface area contributed by atoms with Crippen molar-refractivity contribution in [2.45, 2.75) is 17.4 Å². The van der Waals surface area contributed by atoms with Crippen molar-refractivity contribution in [3.05, 3.63) is 63.6 Å². The van der Waals surface area contributed by atoms with Gasteiger partial charge in [-0.1, -0.05) is 41.4 Å². The monoisotopic (exact) mass is 532 g/mol. The first kappa shape index (κ1) is 25.9. The summed E-state index contributed by atoms with van der Waals surface area (Å²) in [5.41, 5.74) is 1.92. The molecule has 0 spiro atoms. The minimum absolute atomic E-state index is 0. The molecule has 0 aromatic heterocycles. The number of carbonyl (C=O) groups excluding carboxylic acids is 1. The fourth-order valence-corrected chi connectivity index (χ4v) is 4.72. The molecule has 2 aromatic rings. The minimum atomic E-state index is -3.85. The Morgan fingerprint density at radius 2 is 1.97 bits per heavy atom. The number of primary sulfonamides is 1. The maximum absolute atomic E-state index is 12.7. The molecule has 4 rings (SSSR count). The van der Waals surface area contributed by atoms with Gasteiger partial charge >= 0.3 is 0 Å². The van der Waals surface area contributed by atoms with Crippen LogP contribution in [0.2, 0.25) is 10.0 Å². The average molecular weight is 534 g/mol. The summed E-state index contributed by atoms with van der Waals surface area (Å²) in [6.07, 6.45) is -0.218. The number of benzene rings is 2. The second kappa shape index (κ2) is 10.7. The topological polar surface area (TPSA) is 114 Å². The van der Waals surface area contributed by atoms with Gasteiger partial charge in [0, 0.05) is 19.0 Å². The molecule has 3 N–H and O–H groups in total. The zero-order valence-corrected chi connectivity index (χ0v) is 20.6. The summed E-state index contributed by atoms with van der Waals surface area (Å²) in [5.74, 6) is -0.254. The van der Waals surface area contributed by atoms with E-state index in [1.807, 2.05) is 6.07 Å². The van der Waals surface area contributed by atoms with Crippen molar-refractivity contribution in [3.8, 4) is 0 Å². The van der Waals surface area contributed by atoms with Crippen molar-refractivity contribution in [2.75, 3.05) is 26.2 Å². The van der Waals surface area contributed by atoms with Crippen LogP contribution in [0.15, 0.2) is 52.5 Å². The Labute approximate surface area is 208 Å². The van der Waals surface area contributed by atoms with Crippen LogP contribution in [0.25, 0.3) is 0 Å². The molecule has 0 bridgehead atoms. The van der Waals surface area contributed by atoms with E-state index in [1.165, 1.54) is 17.1 Å². The van der Waals surface area contributed by atoms with E-state index in [2.05, 4.69) is 10.4 Å². The van der Waals surface area contributed by atoms with Crippen LogP contribution in [0.5, 0.6) is 0 Å². The molecule has 0 saturated carbocycles. The van der Waals surface area contributed by atoms with Crippen molar-refractivity contribution in [1.82, 2.24) is 10.3 Å². The lowest BCUT2D eigenvalue weighted by Gasteiger charge is -2.27. The highest BCUT2D eigenvalue weighted by molar-refractivity contribution is 7.89. The number of carbonyl (C=O) groups is 1. The van der Waals surface area contributed by atoms with E-state index < -0.39 is 10.0 Å². The maximum atomic E-state index is 12.7. The first-order valence-corrected chi connectivity index (χ1v) is 12.3. The Kier molecular flexibility index (Phi) is 8.39. The van der Waals surface area contributed by atoms with Gasteiger partial charge in [-0.2, -0.15) is 5.10 Å². The Bertz CT molecular complexity index is 1180. The summed E-state index contributed by atoms with van der Waals surface area (Å²) < 4.78 is 29.4. The Hall–Kier alpha value is -1.72. The molecule has 2 aliphatic rings. The second-order valence-corrected chi connectivity index (χ2v) is 10.1. The lowest BCUT2D eigenvalue weighted by molar-refractivity contribution is -0.129. The summed E-state index contributed by atoms with van der Waals surface area (Å²) in [6.45, 7) is 2.16. The molecule has 0 aliphatic carbocycles. The predicted octanol–water partition coefficient (Wildman–Crippen LogP) is 2.98. The fraction of sp³-hybridized carbons (Fsp3) is 0.333. The zero-order valence-electron chi connectivity index (χ0n) is 17.4. The zero-order chi connectivity index (χ0) is 22.9. The van der Waals surface area contributed by atoms with E-state index in [4.69, 9.17) is 33.1 Å². The SMILES string of the molecule is Cl.NS(=O)(=O)c1cccc(C2=NN(C[C@@H]3CNCCO[C@H]3c3ccc(Cl)c(Cl)c3)C(=O)C2)c1. The number of rotatable bonds is 5. The maximum Gasteiger partial charge on any atom is 0.248 e. The van der Waals surface area contributed by atoms with Crippen LogP contribution in [0, 0.1) is 5.92 Å². The third kappa shape index (κ3) is 6.05. The summed E-state index contributed by atoms with van der Waals surface area (Å²) in [7, 11) is -3.85. The van der Waals surface area contributed by atoms with Crippen LogP contribution in [0.3, 0.4) is 0 Å². The molecule has 1 fully saturated rings. The van der Waals surface area contributed by atoms with Crippen LogP contribution in [-0.4, -0.2) is 51.3 Å². The third-order valence-electron chi connectivity index (χ3n) is 5.43. The van der Waals surface area contributed by atoms with Gasteiger partial charge in [0.15, 0.2) is 0 Å². The molecule has 12 heteroatoms. The van der Waals surface area contributed by atoms with Crippen molar-refractivity contribution in [1.29, 1.82) is 0 Å². The smallest absolute Gasteiger partial charge is 0.248 e. The van der Waals surface area contributed by atoms with Crippen LogP contribution >= 0.6 is 35.6 Å². The molecular formula is C21H23Cl3N4O4S. The number of ether oxygens (including phenoxy) is 1. The summed E-state index contributed by atoms with van der Waals surface area (Å²) in [4.78, 5) is 12.7. The van der Waals surface area contributed by atoms with E-state index in [0.29, 0.717) is 47.6 Å². The van der Waals surface area contributed by atoms with Crippen LogP contribution < -0.4 is 10.5 Å². The second-order valence-electron chi connectivity index (χ2n) is 7.70. The normalized spacial score (nSPS) is 21.4. The van der Waals surface area contributed by atoms with Crippen molar-refractivity contribution in [3.63, 3.8) is 0 Å². The molecule has 2 aliphatic heterocycles. The lowest BCUT2D eigenvalue weighted by atomic mass is 9.95. The van der Waals surface area contributed by atoms with E-state index in [-0.39, 0.29) is 41.7 Å². The Balaban J connectivity index is 0.00000306. The summed E-state index contributed by atoms with van der Waals surface area (Å²) in [6, 6.07) is 11.5. The quantitative estimate of drug-likeness (QED) is 0.613. The molecule has 2 heterocycles. The number of halogens is 3. The van der Waals surface area contributed by atoms with E-state index in [9.17, 15) is 13.2 Å². The number of nitrogens with one attached hydrogen (secondary N) is 1. The molecular weight excluding hydrogens is 511 g/mol. The van der Waals surface area contributed by atoms with Crippen molar-refractivity contribution in [2.24, 2.45) is 16.2 Å².